The molecule has 1 aliphatic heterocycles. The van der Waals surface area contributed by atoms with Crippen LogP contribution >= 0.6 is 12.4 Å². The number of rotatable bonds is 6. The van der Waals surface area contributed by atoms with Crippen molar-refractivity contribution in [2.45, 2.75) is 25.8 Å². The number of aromatic nitrogens is 2. The molecule has 1 aliphatic rings. The lowest BCUT2D eigenvalue weighted by Crippen LogP contribution is -2.34. The third kappa shape index (κ3) is 5.30. The number of piperidine rings is 1. The second-order valence-corrected chi connectivity index (χ2v) is 5.33. The summed E-state index contributed by atoms with van der Waals surface area (Å²) in [7, 11) is 2.04. The summed E-state index contributed by atoms with van der Waals surface area (Å²) in [4.78, 5) is 14.1. The number of nitrogens with one attached hydrogen (secondary N) is 2. The van der Waals surface area contributed by atoms with E-state index in [1.165, 1.54) is 0 Å². The van der Waals surface area contributed by atoms with Crippen LogP contribution in [0.15, 0.2) is 12.3 Å². The smallest absolute Gasteiger partial charge is 0.271 e. The summed E-state index contributed by atoms with van der Waals surface area (Å²) in [5, 5.41) is 10.7. The average Bonchev–Trinajstić information content (AvgIpc) is 2.97. The minimum atomic E-state index is -0.0861. The fraction of sp³-hybridized carbons (Fsp3) is 0.714. The molecule has 2 heterocycles. The lowest BCUT2D eigenvalue weighted by Gasteiger charge is -2.22. The number of amides is 1. The minimum Gasteiger partial charge on any atom is -0.349 e. The summed E-state index contributed by atoms with van der Waals surface area (Å²) in [6.45, 7) is 6.61. The van der Waals surface area contributed by atoms with Crippen LogP contribution in [-0.4, -0.2) is 60.4 Å². The number of hydrogen-bond acceptors (Lipinski definition) is 4. The lowest BCUT2D eigenvalue weighted by atomic mass is 10.1. The average molecular weight is 316 g/mol. The summed E-state index contributed by atoms with van der Waals surface area (Å²) >= 11 is 0. The first-order valence-corrected chi connectivity index (χ1v) is 7.43. The molecule has 0 radical (unpaired) electrons. The zero-order valence-corrected chi connectivity index (χ0v) is 13.7. The van der Waals surface area contributed by atoms with Gasteiger partial charge >= 0.3 is 0 Å². The molecule has 0 saturated carbocycles. The van der Waals surface area contributed by atoms with Crippen LogP contribution in [0, 0.1) is 0 Å². The predicted octanol–water partition coefficient (Wildman–Crippen LogP) is 0.911. The van der Waals surface area contributed by atoms with E-state index in [2.05, 4.69) is 27.6 Å². The largest absolute Gasteiger partial charge is 0.349 e. The Labute approximate surface area is 132 Å². The Morgan fingerprint density at radius 1 is 1.62 bits per heavy atom. The molecule has 120 valence electrons. The van der Waals surface area contributed by atoms with Crippen LogP contribution in [0.3, 0.4) is 0 Å². The second-order valence-electron chi connectivity index (χ2n) is 5.33. The molecule has 7 heteroatoms. The first-order valence-electron chi connectivity index (χ1n) is 7.43. The molecule has 1 amide bonds. The van der Waals surface area contributed by atoms with Crippen molar-refractivity contribution in [1.29, 1.82) is 0 Å². The van der Waals surface area contributed by atoms with Gasteiger partial charge < -0.3 is 15.5 Å². The lowest BCUT2D eigenvalue weighted by molar-refractivity contribution is 0.0943. The van der Waals surface area contributed by atoms with E-state index in [9.17, 15) is 4.79 Å². The predicted molar refractivity (Wildman–Crippen MR) is 86.1 cm³/mol. The van der Waals surface area contributed by atoms with E-state index >= 15 is 0 Å². The Morgan fingerprint density at radius 2 is 2.43 bits per heavy atom. The van der Waals surface area contributed by atoms with Gasteiger partial charge in [0, 0.05) is 25.8 Å². The van der Waals surface area contributed by atoms with E-state index in [4.69, 9.17) is 0 Å². The van der Waals surface area contributed by atoms with Gasteiger partial charge in [0.1, 0.15) is 5.69 Å². The van der Waals surface area contributed by atoms with Crippen molar-refractivity contribution in [2.75, 3.05) is 39.8 Å². The standard InChI is InChI=1S/C14H25N5O.ClH/c1-3-18(2)10-8-16-14(20)13-6-9-19(17-13)12-5-4-7-15-11-12;/h6,9,12,15H,3-5,7-8,10-11H2,1-2H3,(H,16,20);1H. The molecule has 0 aliphatic carbocycles. The SMILES string of the molecule is CCN(C)CCNC(=O)c1ccn(C2CCCNC2)n1.Cl. The van der Waals surface area contributed by atoms with E-state index in [0.29, 0.717) is 18.3 Å². The molecule has 1 aromatic heterocycles. The quantitative estimate of drug-likeness (QED) is 0.819. The highest BCUT2D eigenvalue weighted by molar-refractivity contribution is 5.92. The van der Waals surface area contributed by atoms with Gasteiger partial charge in [-0.3, -0.25) is 9.48 Å². The number of carbonyl (C=O) groups excluding carboxylic acids is 1. The van der Waals surface area contributed by atoms with Crippen molar-refractivity contribution < 1.29 is 4.79 Å². The Morgan fingerprint density at radius 3 is 3.10 bits per heavy atom. The summed E-state index contributed by atoms with van der Waals surface area (Å²) in [5.41, 5.74) is 0.509. The van der Waals surface area contributed by atoms with Gasteiger partial charge in [-0.15, -0.1) is 12.4 Å². The highest BCUT2D eigenvalue weighted by Gasteiger charge is 2.17. The normalized spacial score (nSPS) is 18.3. The van der Waals surface area contributed by atoms with E-state index in [-0.39, 0.29) is 18.3 Å². The van der Waals surface area contributed by atoms with Gasteiger partial charge in [0.05, 0.1) is 6.04 Å². The van der Waals surface area contributed by atoms with Crippen molar-refractivity contribution in [1.82, 2.24) is 25.3 Å². The number of nitrogens with zero attached hydrogens (tertiary/aromatic N) is 3. The summed E-state index contributed by atoms with van der Waals surface area (Å²) in [6.07, 6.45) is 4.19. The van der Waals surface area contributed by atoms with Crippen LogP contribution in [0.2, 0.25) is 0 Å². The van der Waals surface area contributed by atoms with Crippen molar-refractivity contribution in [3.05, 3.63) is 18.0 Å². The van der Waals surface area contributed by atoms with Gasteiger partial charge in [-0.05, 0) is 39.0 Å². The summed E-state index contributed by atoms with van der Waals surface area (Å²) in [6, 6.07) is 2.17. The maximum Gasteiger partial charge on any atom is 0.271 e. The number of carbonyl (C=O) groups is 1. The Balaban J connectivity index is 0.00000220. The molecule has 21 heavy (non-hydrogen) atoms. The van der Waals surface area contributed by atoms with Gasteiger partial charge in [0.25, 0.3) is 5.91 Å². The van der Waals surface area contributed by atoms with Crippen molar-refractivity contribution >= 4 is 18.3 Å². The van der Waals surface area contributed by atoms with E-state index in [1.54, 1.807) is 6.07 Å². The maximum atomic E-state index is 12.0. The first-order chi connectivity index (χ1) is 9.70. The number of likely N-dealkylation sites (N-methyl/N-ethyl adjacent to an activating group) is 1. The molecule has 2 N–H and O–H groups in total. The van der Waals surface area contributed by atoms with Crippen LogP contribution in [-0.2, 0) is 0 Å². The molecule has 0 spiro atoms. The topological polar surface area (TPSA) is 62.2 Å². The number of hydrogen-bond donors (Lipinski definition) is 2. The Hall–Kier alpha value is -1.11. The van der Waals surface area contributed by atoms with Crippen LogP contribution in [0.5, 0.6) is 0 Å². The van der Waals surface area contributed by atoms with Crippen LogP contribution in [0.1, 0.15) is 36.3 Å². The maximum absolute atomic E-state index is 12.0. The zero-order chi connectivity index (χ0) is 14.4. The Bertz CT molecular complexity index is 431. The molecular weight excluding hydrogens is 290 g/mol. The van der Waals surface area contributed by atoms with Gasteiger partial charge in [0.15, 0.2) is 0 Å². The third-order valence-electron chi connectivity index (χ3n) is 3.80. The van der Waals surface area contributed by atoms with E-state index in [0.717, 1.165) is 39.0 Å². The first kappa shape index (κ1) is 17.9. The molecule has 1 saturated heterocycles. The molecule has 1 unspecified atom stereocenters. The van der Waals surface area contributed by atoms with Crippen molar-refractivity contribution in [3.63, 3.8) is 0 Å². The fourth-order valence-corrected chi connectivity index (χ4v) is 2.33. The van der Waals surface area contributed by atoms with Gasteiger partial charge in [0.2, 0.25) is 0 Å². The summed E-state index contributed by atoms with van der Waals surface area (Å²) in [5.74, 6) is -0.0861. The molecular formula is C14H26ClN5O. The monoisotopic (exact) mass is 315 g/mol. The molecule has 6 nitrogen and oxygen atoms in total. The molecule has 1 fully saturated rings. The highest BCUT2D eigenvalue weighted by Crippen LogP contribution is 2.15. The van der Waals surface area contributed by atoms with Crippen LogP contribution < -0.4 is 10.6 Å². The minimum absolute atomic E-state index is 0. The zero-order valence-electron chi connectivity index (χ0n) is 12.8. The molecule has 1 atom stereocenters. The number of halogens is 1. The second kappa shape index (κ2) is 9.02. The van der Waals surface area contributed by atoms with Gasteiger partial charge in [-0.2, -0.15) is 5.10 Å². The molecule has 1 aromatic rings. The van der Waals surface area contributed by atoms with E-state index in [1.807, 2.05) is 17.9 Å². The Kier molecular flexibility index (Phi) is 7.71. The molecule has 0 bridgehead atoms. The van der Waals surface area contributed by atoms with E-state index < -0.39 is 0 Å². The van der Waals surface area contributed by atoms with Crippen molar-refractivity contribution in [2.24, 2.45) is 0 Å². The molecule has 0 aromatic carbocycles. The van der Waals surface area contributed by atoms with Crippen molar-refractivity contribution in [3.8, 4) is 0 Å². The van der Waals surface area contributed by atoms with Gasteiger partial charge in [-0.1, -0.05) is 6.92 Å². The fourth-order valence-electron chi connectivity index (χ4n) is 2.33. The third-order valence-corrected chi connectivity index (χ3v) is 3.80. The van der Waals surface area contributed by atoms with Crippen LogP contribution in [0.25, 0.3) is 0 Å². The highest BCUT2D eigenvalue weighted by atomic mass is 35.5. The van der Waals surface area contributed by atoms with Crippen LogP contribution in [0.4, 0.5) is 0 Å². The van der Waals surface area contributed by atoms with Gasteiger partial charge in [-0.25, -0.2) is 0 Å². The molecule has 2 rings (SSSR count). The summed E-state index contributed by atoms with van der Waals surface area (Å²) < 4.78 is 1.92.